The van der Waals surface area contributed by atoms with Crippen molar-refractivity contribution in [2.24, 2.45) is 5.73 Å². The Kier molecular flexibility index (Phi) is 4.55. The van der Waals surface area contributed by atoms with E-state index in [1.54, 1.807) is 0 Å². The van der Waals surface area contributed by atoms with Crippen LogP contribution in [0.25, 0.3) is 0 Å². The predicted octanol–water partition coefficient (Wildman–Crippen LogP) is 1.83. The van der Waals surface area contributed by atoms with Gasteiger partial charge in [0, 0.05) is 6.61 Å². The van der Waals surface area contributed by atoms with Crippen molar-refractivity contribution in [1.29, 1.82) is 0 Å². The van der Waals surface area contributed by atoms with Crippen molar-refractivity contribution < 1.29 is 4.74 Å². The molecule has 0 spiro atoms. The van der Waals surface area contributed by atoms with Crippen molar-refractivity contribution in [3.8, 4) is 0 Å². The van der Waals surface area contributed by atoms with E-state index in [2.05, 4.69) is 36.3 Å². The average molecular weight is 294 g/mol. The Bertz CT molecular complexity index is 512. The van der Waals surface area contributed by atoms with Gasteiger partial charge in [-0.15, -0.1) is 5.10 Å². The first-order valence-corrected chi connectivity index (χ1v) is 7.45. The van der Waals surface area contributed by atoms with Gasteiger partial charge in [0.1, 0.15) is 4.99 Å². The van der Waals surface area contributed by atoms with Crippen LogP contribution in [-0.2, 0) is 17.6 Å². The predicted molar refractivity (Wildman–Crippen MR) is 84.1 cm³/mol. The number of hydrogen-bond acceptors (Lipinski definition) is 5. The number of anilines is 1. The summed E-state index contributed by atoms with van der Waals surface area (Å²) >= 11 is 5.23. The quantitative estimate of drug-likeness (QED) is 0.807. The summed E-state index contributed by atoms with van der Waals surface area (Å²) in [6, 6.07) is 0. The molecule has 1 aliphatic heterocycles. The van der Waals surface area contributed by atoms with Crippen LogP contribution in [0.5, 0.6) is 0 Å². The number of nitrogens with zero attached hydrogens (tertiary/aromatic N) is 2. The summed E-state index contributed by atoms with van der Waals surface area (Å²) in [5.41, 5.74) is 8.69. The highest BCUT2D eigenvalue weighted by Crippen LogP contribution is 2.27. The zero-order chi connectivity index (χ0) is 14.8. The number of aromatic nitrogens is 2. The highest BCUT2D eigenvalue weighted by molar-refractivity contribution is 7.80. The van der Waals surface area contributed by atoms with Crippen molar-refractivity contribution in [1.82, 2.24) is 10.2 Å². The van der Waals surface area contributed by atoms with E-state index in [1.165, 1.54) is 0 Å². The van der Waals surface area contributed by atoms with E-state index in [0.717, 1.165) is 42.7 Å². The van der Waals surface area contributed by atoms with Crippen LogP contribution in [-0.4, -0.2) is 33.9 Å². The Hall–Kier alpha value is -1.27. The third kappa shape index (κ3) is 2.91. The van der Waals surface area contributed by atoms with Gasteiger partial charge >= 0.3 is 0 Å². The second kappa shape index (κ2) is 6.01. The Balaban J connectivity index is 2.44. The van der Waals surface area contributed by atoms with Crippen LogP contribution in [0.15, 0.2) is 0 Å². The number of hydrogen-bond donors (Lipinski definition) is 2. The Morgan fingerprint density at radius 3 is 2.65 bits per heavy atom. The molecule has 0 aromatic carbocycles. The van der Waals surface area contributed by atoms with E-state index in [0.29, 0.717) is 17.4 Å². The molecule has 1 aromatic heterocycles. The highest BCUT2D eigenvalue weighted by Gasteiger charge is 2.31. The average Bonchev–Trinajstić information content (AvgIpc) is 2.84. The van der Waals surface area contributed by atoms with Gasteiger partial charge in [0.25, 0.3) is 0 Å². The first kappa shape index (κ1) is 15.1. The summed E-state index contributed by atoms with van der Waals surface area (Å²) in [7, 11) is 0. The molecule has 2 rings (SSSR count). The summed E-state index contributed by atoms with van der Waals surface area (Å²) in [5.74, 6) is 0.680. The maximum Gasteiger partial charge on any atom is 0.159 e. The van der Waals surface area contributed by atoms with Crippen molar-refractivity contribution >= 4 is 23.0 Å². The third-order valence-corrected chi connectivity index (χ3v) is 3.94. The van der Waals surface area contributed by atoms with Crippen LogP contribution in [0.3, 0.4) is 0 Å². The zero-order valence-electron chi connectivity index (χ0n) is 12.3. The minimum absolute atomic E-state index is 0.132. The molecule has 1 aromatic rings. The maximum atomic E-state index is 5.92. The molecule has 0 saturated carbocycles. The Morgan fingerprint density at radius 2 is 2.15 bits per heavy atom. The lowest BCUT2D eigenvalue weighted by Gasteiger charge is -2.26. The van der Waals surface area contributed by atoms with Gasteiger partial charge in [-0.2, -0.15) is 5.10 Å². The molecule has 5 nitrogen and oxygen atoms in total. The van der Waals surface area contributed by atoms with Gasteiger partial charge in [-0.1, -0.05) is 26.1 Å². The first-order chi connectivity index (χ1) is 9.50. The molecule has 3 N–H and O–H groups in total. The van der Waals surface area contributed by atoms with Crippen LogP contribution >= 0.6 is 12.2 Å². The van der Waals surface area contributed by atoms with E-state index in [9.17, 15) is 0 Å². The van der Waals surface area contributed by atoms with Crippen molar-refractivity contribution in [3.63, 3.8) is 0 Å². The molecular formula is C14H22N4OS. The smallest absolute Gasteiger partial charge is 0.159 e. The molecule has 1 fully saturated rings. The molecule has 110 valence electrons. The fraction of sp³-hybridized carbons (Fsp3) is 0.643. The van der Waals surface area contributed by atoms with Crippen molar-refractivity contribution in [2.45, 2.75) is 45.6 Å². The summed E-state index contributed by atoms with van der Waals surface area (Å²) < 4.78 is 5.46. The van der Waals surface area contributed by atoms with Gasteiger partial charge < -0.3 is 15.8 Å². The number of nitrogens with one attached hydrogen (secondary N) is 1. The fourth-order valence-corrected chi connectivity index (χ4v) is 2.80. The van der Waals surface area contributed by atoms with E-state index < -0.39 is 0 Å². The minimum Gasteiger partial charge on any atom is -0.389 e. The lowest BCUT2D eigenvalue weighted by atomic mass is 9.99. The fourth-order valence-electron chi connectivity index (χ4n) is 2.58. The maximum absolute atomic E-state index is 5.92. The van der Waals surface area contributed by atoms with Gasteiger partial charge in [-0.05, 0) is 31.7 Å². The molecule has 1 saturated heterocycles. The number of thiocarbonyl (C=S) groups is 1. The van der Waals surface area contributed by atoms with E-state index in [1.807, 2.05) is 0 Å². The molecule has 0 amide bonds. The zero-order valence-corrected chi connectivity index (χ0v) is 13.1. The van der Waals surface area contributed by atoms with Crippen LogP contribution in [0, 0.1) is 0 Å². The molecular weight excluding hydrogens is 272 g/mol. The molecule has 2 heterocycles. The van der Waals surface area contributed by atoms with Gasteiger partial charge in [-0.25, -0.2) is 0 Å². The molecule has 6 heteroatoms. The van der Waals surface area contributed by atoms with Crippen molar-refractivity contribution in [3.05, 3.63) is 16.8 Å². The van der Waals surface area contributed by atoms with Crippen molar-refractivity contribution in [2.75, 3.05) is 18.5 Å². The number of nitrogens with two attached hydrogens (primary N) is 1. The summed E-state index contributed by atoms with van der Waals surface area (Å²) in [6.07, 6.45) is 2.60. The third-order valence-electron chi connectivity index (χ3n) is 3.73. The normalized spacial score (nSPS) is 21.9. The van der Waals surface area contributed by atoms with E-state index in [-0.39, 0.29) is 5.54 Å². The Morgan fingerprint density at radius 1 is 1.40 bits per heavy atom. The van der Waals surface area contributed by atoms with Gasteiger partial charge in [-0.3, -0.25) is 0 Å². The van der Waals surface area contributed by atoms with Crippen LogP contribution < -0.4 is 11.1 Å². The summed E-state index contributed by atoms with van der Waals surface area (Å²) in [4.78, 5) is 0.372. The molecule has 0 bridgehead atoms. The molecule has 0 aliphatic carbocycles. The van der Waals surface area contributed by atoms with E-state index >= 15 is 0 Å². The minimum atomic E-state index is -0.132. The molecule has 1 atom stereocenters. The lowest BCUT2D eigenvalue weighted by Crippen LogP contribution is -2.37. The summed E-state index contributed by atoms with van der Waals surface area (Å²) in [6.45, 7) is 7.67. The second-order valence-corrected chi connectivity index (χ2v) is 5.85. The standard InChI is InChI=1S/C14H22N4OS/c1-4-9-10(5-2)17-18-13(11(9)12(15)20)16-14(3)6-7-19-8-14/h4-8H2,1-3H3,(H2,15,20)(H,16,18). The van der Waals surface area contributed by atoms with Gasteiger partial charge in [0.15, 0.2) is 5.82 Å². The Labute approximate surface area is 125 Å². The van der Waals surface area contributed by atoms with Gasteiger partial charge in [0.05, 0.1) is 23.4 Å². The summed E-state index contributed by atoms with van der Waals surface area (Å²) in [5, 5.41) is 12.0. The highest BCUT2D eigenvalue weighted by atomic mass is 32.1. The van der Waals surface area contributed by atoms with E-state index in [4.69, 9.17) is 22.7 Å². The lowest BCUT2D eigenvalue weighted by molar-refractivity contribution is 0.185. The SMILES string of the molecule is CCc1nnc(NC2(C)CCOC2)c(C(N)=S)c1CC. The molecule has 20 heavy (non-hydrogen) atoms. The molecule has 1 aliphatic rings. The second-order valence-electron chi connectivity index (χ2n) is 5.41. The largest absolute Gasteiger partial charge is 0.389 e. The van der Waals surface area contributed by atoms with Crippen LogP contribution in [0.2, 0.25) is 0 Å². The number of aryl methyl sites for hydroxylation is 1. The monoisotopic (exact) mass is 294 g/mol. The topological polar surface area (TPSA) is 73.1 Å². The van der Waals surface area contributed by atoms with Crippen LogP contribution in [0.4, 0.5) is 5.82 Å². The molecule has 0 radical (unpaired) electrons. The number of ether oxygens (including phenoxy) is 1. The van der Waals surface area contributed by atoms with Gasteiger partial charge in [0.2, 0.25) is 0 Å². The van der Waals surface area contributed by atoms with Crippen LogP contribution in [0.1, 0.15) is 44.0 Å². The molecule has 1 unspecified atom stereocenters. The first-order valence-electron chi connectivity index (χ1n) is 7.05. The number of rotatable bonds is 5.